The van der Waals surface area contributed by atoms with Gasteiger partial charge in [-0.1, -0.05) is 0 Å². The molecule has 1 aliphatic rings. The van der Waals surface area contributed by atoms with E-state index in [9.17, 15) is 8.78 Å². The summed E-state index contributed by atoms with van der Waals surface area (Å²) >= 11 is 0. The van der Waals surface area contributed by atoms with Crippen molar-refractivity contribution < 1.29 is 8.78 Å². The molecule has 2 heterocycles. The molecule has 1 saturated heterocycles. The summed E-state index contributed by atoms with van der Waals surface area (Å²) in [6.07, 6.45) is 4.08. The van der Waals surface area contributed by atoms with E-state index < -0.39 is 11.6 Å². The van der Waals surface area contributed by atoms with Crippen LogP contribution < -0.4 is 15.5 Å². The standard InChI is InChI=1S/C20H19F2N5/c21-17-8-5-15(13-18(17)22)25-20-23-10-9-19(26-20)24-14-3-6-16(7-4-14)27-11-1-2-12-27/h3-10,13H,1-2,11-12H2,(H2,23,24,25,26). The zero-order valence-electron chi connectivity index (χ0n) is 14.6. The number of halogens is 2. The Labute approximate surface area is 156 Å². The summed E-state index contributed by atoms with van der Waals surface area (Å²) in [7, 11) is 0. The Bertz CT molecular complexity index is 924. The summed E-state index contributed by atoms with van der Waals surface area (Å²) in [6.45, 7) is 2.22. The van der Waals surface area contributed by atoms with E-state index in [2.05, 4.69) is 37.6 Å². The van der Waals surface area contributed by atoms with Crippen LogP contribution in [0.4, 0.5) is 37.6 Å². The molecule has 7 heteroatoms. The van der Waals surface area contributed by atoms with Crippen LogP contribution in [0.15, 0.2) is 54.7 Å². The predicted octanol–water partition coefficient (Wildman–Crippen LogP) is 4.84. The first-order valence-corrected chi connectivity index (χ1v) is 8.84. The number of aromatic nitrogens is 2. The molecule has 1 aromatic heterocycles. The lowest BCUT2D eigenvalue weighted by Gasteiger charge is -2.18. The lowest BCUT2D eigenvalue weighted by molar-refractivity contribution is 0.509. The molecule has 2 aromatic carbocycles. The molecular formula is C20H19F2N5. The number of benzene rings is 2. The van der Waals surface area contributed by atoms with Crippen LogP contribution in [0.25, 0.3) is 0 Å². The SMILES string of the molecule is Fc1ccc(Nc2nccc(Nc3ccc(N4CCCC4)cc3)n2)cc1F. The van der Waals surface area contributed by atoms with Crippen molar-refractivity contribution in [1.82, 2.24) is 9.97 Å². The molecule has 0 saturated carbocycles. The number of anilines is 5. The smallest absolute Gasteiger partial charge is 0.229 e. The molecule has 5 nitrogen and oxygen atoms in total. The first-order valence-electron chi connectivity index (χ1n) is 8.84. The normalized spacial score (nSPS) is 13.6. The van der Waals surface area contributed by atoms with Gasteiger partial charge in [0.25, 0.3) is 0 Å². The van der Waals surface area contributed by atoms with Gasteiger partial charge in [0, 0.05) is 42.4 Å². The molecule has 1 fully saturated rings. The Morgan fingerprint density at radius 2 is 1.56 bits per heavy atom. The minimum absolute atomic E-state index is 0.291. The van der Waals surface area contributed by atoms with Crippen LogP contribution in [0.3, 0.4) is 0 Å². The Balaban J connectivity index is 1.45. The van der Waals surface area contributed by atoms with Crippen LogP contribution >= 0.6 is 0 Å². The second-order valence-corrected chi connectivity index (χ2v) is 6.39. The minimum Gasteiger partial charge on any atom is -0.372 e. The first kappa shape index (κ1) is 17.2. The summed E-state index contributed by atoms with van der Waals surface area (Å²) in [5.41, 5.74) is 2.51. The van der Waals surface area contributed by atoms with Crippen molar-refractivity contribution in [3.8, 4) is 0 Å². The summed E-state index contributed by atoms with van der Waals surface area (Å²) in [5, 5.41) is 6.09. The van der Waals surface area contributed by atoms with Crippen LogP contribution in [0.5, 0.6) is 0 Å². The zero-order chi connectivity index (χ0) is 18.6. The van der Waals surface area contributed by atoms with Crippen LogP contribution in [-0.2, 0) is 0 Å². The quantitative estimate of drug-likeness (QED) is 0.676. The average Bonchev–Trinajstić information content (AvgIpc) is 3.21. The number of hydrogen-bond donors (Lipinski definition) is 2. The zero-order valence-corrected chi connectivity index (χ0v) is 14.6. The molecular weight excluding hydrogens is 348 g/mol. The highest BCUT2D eigenvalue weighted by atomic mass is 19.2. The van der Waals surface area contributed by atoms with Gasteiger partial charge in [0.1, 0.15) is 5.82 Å². The highest BCUT2D eigenvalue weighted by Gasteiger charge is 2.12. The van der Waals surface area contributed by atoms with E-state index in [0.717, 1.165) is 30.9 Å². The van der Waals surface area contributed by atoms with Gasteiger partial charge in [0.2, 0.25) is 5.95 Å². The van der Waals surface area contributed by atoms with Crippen molar-refractivity contribution in [1.29, 1.82) is 0 Å². The van der Waals surface area contributed by atoms with E-state index in [1.807, 2.05) is 12.1 Å². The Hall–Kier alpha value is -3.22. The van der Waals surface area contributed by atoms with Crippen molar-refractivity contribution in [2.24, 2.45) is 0 Å². The van der Waals surface area contributed by atoms with E-state index in [1.54, 1.807) is 12.3 Å². The number of rotatable bonds is 5. The molecule has 0 aliphatic carbocycles. The molecule has 0 bridgehead atoms. The Morgan fingerprint density at radius 1 is 0.815 bits per heavy atom. The highest BCUT2D eigenvalue weighted by molar-refractivity contribution is 5.62. The fraction of sp³-hybridized carbons (Fsp3) is 0.200. The number of nitrogens with zero attached hydrogens (tertiary/aromatic N) is 3. The van der Waals surface area contributed by atoms with Gasteiger partial charge in [-0.15, -0.1) is 0 Å². The highest BCUT2D eigenvalue weighted by Crippen LogP contribution is 2.24. The van der Waals surface area contributed by atoms with Crippen molar-refractivity contribution >= 4 is 28.8 Å². The van der Waals surface area contributed by atoms with E-state index >= 15 is 0 Å². The second-order valence-electron chi connectivity index (χ2n) is 6.39. The fourth-order valence-electron chi connectivity index (χ4n) is 3.07. The van der Waals surface area contributed by atoms with Gasteiger partial charge < -0.3 is 15.5 Å². The van der Waals surface area contributed by atoms with Crippen LogP contribution in [0, 0.1) is 11.6 Å². The molecule has 1 aliphatic heterocycles. The minimum atomic E-state index is -0.924. The van der Waals surface area contributed by atoms with E-state index in [1.165, 1.54) is 24.6 Å². The molecule has 138 valence electrons. The van der Waals surface area contributed by atoms with Crippen molar-refractivity contribution in [2.45, 2.75) is 12.8 Å². The van der Waals surface area contributed by atoms with Crippen LogP contribution in [0.1, 0.15) is 12.8 Å². The molecule has 2 N–H and O–H groups in total. The first-order chi connectivity index (χ1) is 13.2. The molecule has 3 aromatic rings. The lowest BCUT2D eigenvalue weighted by atomic mass is 10.2. The molecule has 27 heavy (non-hydrogen) atoms. The molecule has 4 rings (SSSR count). The molecule has 0 atom stereocenters. The van der Waals surface area contributed by atoms with Gasteiger partial charge in [0.15, 0.2) is 11.6 Å². The fourth-order valence-corrected chi connectivity index (χ4v) is 3.07. The second kappa shape index (κ2) is 7.57. The summed E-state index contributed by atoms with van der Waals surface area (Å²) in [6, 6.07) is 13.5. The van der Waals surface area contributed by atoms with Gasteiger partial charge in [-0.2, -0.15) is 4.98 Å². The van der Waals surface area contributed by atoms with Crippen molar-refractivity contribution in [2.75, 3.05) is 28.6 Å². The number of hydrogen-bond acceptors (Lipinski definition) is 5. The maximum atomic E-state index is 13.3. The third-order valence-corrected chi connectivity index (χ3v) is 4.44. The van der Waals surface area contributed by atoms with E-state index in [-0.39, 0.29) is 0 Å². The average molecular weight is 367 g/mol. The molecule has 0 unspecified atom stereocenters. The van der Waals surface area contributed by atoms with Crippen LogP contribution in [-0.4, -0.2) is 23.1 Å². The van der Waals surface area contributed by atoms with E-state index in [4.69, 9.17) is 0 Å². The molecule has 0 amide bonds. The third-order valence-electron chi connectivity index (χ3n) is 4.44. The lowest BCUT2D eigenvalue weighted by Crippen LogP contribution is -2.17. The largest absolute Gasteiger partial charge is 0.372 e. The van der Waals surface area contributed by atoms with E-state index in [0.29, 0.717) is 17.5 Å². The maximum absolute atomic E-state index is 13.3. The third kappa shape index (κ3) is 4.13. The topological polar surface area (TPSA) is 53.1 Å². The Morgan fingerprint density at radius 3 is 2.30 bits per heavy atom. The molecule has 0 radical (unpaired) electrons. The van der Waals surface area contributed by atoms with Crippen LogP contribution in [0.2, 0.25) is 0 Å². The van der Waals surface area contributed by atoms with Gasteiger partial charge in [-0.3, -0.25) is 0 Å². The predicted molar refractivity (Wildman–Crippen MR) is 103 cm³/mol. The van der Waals surface area contributed by atoms with Crippen molar-refractivity contribution in [3.63, 3.8) is 0 Å². The van der Waals surface area contributed by atoms with Crippen molar-refractivity contribution in [3.05, 3.63) is 66.4 Å². The van der Waals surface area contributed by atoms with Gasteiger partial charge in [0.05, 0.1) is 0 Å². The monoisotopic (exact) mass is 367 g/mol. The van der Waals surface area contributed by atoms with Gasteiger partial charge in [-0.25, -0.2) is 13.8 Å². The summed E-state index contributed by atoms with van der Waals surface area (Å²) in [4.78, 5) is 10.8. The van der Waals surface area contributed by atoms with Gasteiger partial charge >= 0.3 is 0 Å². The summed E-state index contributed by atoms with van der Waals surface area (Å²) in [5.74, 6) is -0.926. The van der Waals surface area contributed by atoms with Gasteiger partial charge in [-0.05, 0) is 55.3 Å². The number of nitrogens with one attached hydrogen (secondary N) is 2. The Kier molecular flexibility index (Phi) is 4.82. The molecule has 0 spiro atoms. The summed E-state index contributed by atoms with van der Waals surface area (Å²) < 4.78 is 26.3. The maximum Gasteiger partial charge on any atom is 0.229 e.